The van der Waals surface area contributed by atoms with Crippen LogP contribution in [0, 0.1) is 17.0 Å². The molecule has 2 aliphatic heterocycles. The van der Waals surface area contributed by atoms with Crippen molar-refractivity contribution < 1.29 is 14.2 Å². The highest BCUT2D eigenvalue weighted by Gasteiger charge is 2.41. The van der Waals surface area contributed by atoms with E-state index in [2.05, 4.69) is 16.7 Å². The highest BCUT2D eigenvalue weighted by molar-refractivity contribution is 5.92. The van der Waals surface area contributed by atoms with Gasteiger partial charge < -0.3 is 5.21 Å². The molecule has 2 amide bonds. The van der Waals surface area contributed by atoms with Gasteiger partial charge in [-0.3, -0.25) is 4.90 Å². The van der Waals surface area contributed by atoms with Gasteiger partial charge >= 0.3 is 11.8 Å². The van der Waals surface area contributed by atoms with Crippen LogP contribution in [0.15, 0.2) is 0 Å². The van der Waals surface area contributed by atoms with Gasteiger partial charge in [0.2, 0.25) is 0 Å². The number of carbonyl (C=O) groups is 2. The van der Waals surface area contributed by atoms with Crippen LogP contribution in [-0.4, -0.2) is 47.5 Å². The third-order valence-corrected chi connectivity index (χ3v) is 3.54. The summed E-state index contributed by atoms with van der Waals surface area (Å²) in [6, 6.07) is 0. The number of nitrogens with zero attached hydrogens (tertiary/aromatic N) is 2. The molecular formula is C13H18N2O3. The summed E-state index contributed by atoms with van der Waals surface area (Å²) in [6.07, 6.45) is 2.94. The van der Waals surface area contributed by atoms with Crippen LogP contribution in [0.25, 0.3) is 0 Å². The molecule has 2 fully saturated rings. The van der Waals surface area contributed by atoms with Gasteiger partial charge in [0.1, 0.15) is 6.54 Å². The Hall–Kier alpha value is -1.22. The van der Waals surface area contributed by atoms with Crippen molar-refractivity contribution >= 4 is 11.8 Å². The highest BCUT2D eigenvalue weighted by Crippen LogP contribution is 2.21. The van der Waals surface area contributed by atoms with Crippen LogP contribution in [-0.2, 0) is 9.59 Å². The first-order chi connectivity index (χ1) is 8.63. The Bertz CT molecular complexity index is 386. The molecule has 0 aromatic heterocycles. The third-order valence-electron chi connectivity index (χ3n) is 3.54. The summed E-state index contributed by atoms with van der Waals surface area (Å²) in [5, 5.41) is 11.9. The van der Waals surface area contributed by atoms with Crippen molar-refractivity contribution in [2.45, 2.75) is 32.1 Å². The minimum Gasteiger partial charge on any atom is -0.618 e. The summed E-state index contributed by atoms with van der Waals surface area (Å²) in [5.74, 6) is 4.87. The lowest BCUT2D eigenvalue weighted by atomic mass is 10.3. The molecule has 0 aliphatic carbocycles. The van der Waals surface area contributed by atoms with Crippen molar-refractivity contribution in [3.63, 3.8) is 0 Å². The molecule has 0 aromatic rings. The van der Waals surface area contributed by atoms with Gasteiger partial charge in [-0.2, -0.15) is 0 Å². The van der Waals surface area contributed by atoms with Gasteiger partial charge in [0.15, 0.2) is 0 Å². The molecule has 0 atom stereocenters. The van der Waals surface area contributed by atoms with Crippen LogP contribution in [0.2, 0.25) is 0 Å². The molecule has 0 saturated carbocycles. The van der Waals surface area contributed by atoms with E-state index in [1.165, 1.54) is 12.8 Å². The number of hydrogen-bond donors (Lipinski definition) is 0. The van der Waals surface area contributed by atoms with Crippen LogP contribution in [0.4, 0.5) is 0 Å². The maximum Gasteiger partial charge on any atom is 0.321 e. The van der Waals surface area contributed by atoms with Crippen molar-refractivity contribution in [2.75, 3.05) is 26.2 Å². The molecule has 0 bridgehead atoms. The maximum atomic E-state index is 11.9. The minimum atomic E-state index is -1.29. The Morgan fingerprint density at radius 1 is 1.11 bits per heavy atom. The van der Waals surface area contributed by atoms with Gasteiger partial charge in [-0.1, -0.05) is 11.8 Å². The first-order valence-corrected chi connectivity index (χ1v) is 6.47. The number of hydroxylamine groups is 3. The second-order valence-corrected chi connectivity index (χ2v) is 4.84. The summed E-state index contributed by atoms with van der Waals surface area (Å²) >= 11 is 0. The van der Waals surface area contributed by atoms with E-state index in [0.29, 0.717) is 6.42 Å². The number of amides is 2. The number of rotatable bonds is 3. The van der Waals surface area contributed by atoms with E-state index in [-0.39, 0.29) is 19.4 Å². The lowest BCUT2D eigenvalue weighted by Crippen LogP contribution is -2.47. The van der Waals surface area contributed by atoms with Crippen LogP contribution >= 0.6 is 0 Å². The fourth-order valence-corrected chi connectivity index (χ4v) is 2.37. The van der Waals surface area contributed by atoms with Crippen LogP contribution < -0.4 is 0 Å². The van der Waals surface area contributed by atoms with Crippen molar-refractivity contribution in [3.8, 4) is 11.8 Å². The maximum absolute atomic E-state index is 11.9. The van der Waals surface area contributed by atoms with Gasteiger partial charge in [0, 0.05) is 0 Å². The van der Waals surface area contributed by atoms with Gasteiger partial charge in [-0.15, -0.1) is 0 Å². The van der Waals surface area contributed by atoms with E-state index in [1.807, 2.05) is 0 Å². The molecule has 2 rings (SSSR count). The standard InChI is InChI=1S/C13H18N2O3/c16-12-6-7-13(17)15(12,18)11-5-1-2-8-14-9-3-4-10-14/h3-11H2. The van der Waals surface area contributed by atoms with Crippen molar-refractivity contribution in [1.29, 1.82) is 0 Å². The fraction of sp³-hybridized carbons (Fsp3) is 0.692. The highest BCUT2D eigenvalue weighted by atomic mass is 16.6. The smallest absolute Gasteiger partial charge is 0.321 e. The fourth-order valence-electron chi connectivity index (χ4n) is 2.37. The monoisotopic (exact) mass is 250 g/mol. The van der Waals surface area contributed by atoms with Crippen LogP contribution in [0.3, 0.4) is 0 Å². The zero-order chi connectivity index (χ0) is 13.0. The molecule has 0 spiro atoms. The number of likely N-dealkylation sites (tertiary alicyclic amines) is 2. The van der Waals surface area contributed by atoms with E-state index in [1.54, 1.807) is 0 Å². The topological polar surface area (TPSA) is 60.4 Å². The normalized spacial score (nSPS) is 23.2. The van der Waals surface area contributed by atoms with E-state index < -0.39 is 16.5 Å². The second-order valence-electron chi connectivity index (χ2n) is 4.84. The lowest BCUT2D eigenvalue weighted by molar-refractivity contribution is -0.719. The largest absolute Gasteiger partial charge is 0.618 e. The second kappa shape index (κ2) is 5.61. The van der Waals surface area contributed by atoms with Crippen molar-refractivity contribution in [3.05, 3.63) is 5.21 Å². The third kappa shape index (κ3) is 2.78. The van der Waals surface area contributed by atoms with Gasteiger partial charge in [-0.25, -0.2) is 14.2 Å². The molecule has 98 valence electrons. The molecular weight excluding hydrogens is 232 g/mol. The zero-order valence-corrected chi connectivity index (χ0v) is 10.5. The quantitative estimate of drug-likeness (QED) is 0.319. The van der Waals surface area contributed by atoms with E-state index in [4.69, 9.17) is 0 Å². The molecule has 2 heterocycles. The minimum absolute atomic E-state index is 0.0231. The Balaban J connectivity index is 1.76. The Morgan fingerprint density at radius 3 is 2.33 bits per heavy atom. The summed E-state index contributed by atoms with van der Waals surface area (Å²) in [6.45, 7) is 2.88. The van der Waals surface area contributed by atoms with Gasteiger partial charge in [0.25, 0.3) is 0 Å². The summed E-state index contributed by atoms with van der Waals surface area (Å²) in [4.78, 5) is 25.0. The molecule has 18 heavy (non-hydrogen) atoms. The molecule has 2 saturated heterocycles. The number of carbonyl (C=O) groups excluding carboxylic acids is 2. The number of imide groups is 1. The number of quaternary nitrogens is 1. The van der Waals surface area contributed by atoms with E-state index in [0.717, 1.165) is 19.6 Å². The van der Waals surface area contributed by atoms with Gasteiger partial charge in [0.05, 0.1) is 25.8 Å². The first-order valence-electron chi connectivity index (χ1n) is 6.47. The van der Waals surface area contributed by atoms with Crippen molar-refractivity contribution in [1.82, 2.24) is 4.90 Å². The summed E-state index contributed by atoms with van der Waals surface area (Å²) in [5.41, 5.74) is 0. The van der Waals surface area contributed by atoms with Crippen LogP contribution in [0.5, 0.6) is 0 Å². The Labute approximate surface area is 107 Å². The lowest BCUT2D eigenvalue weighted by Gasteiger charge is -2.31. The van der Waals surface area contributed by atoms with Crippen molar-refractivity contribution in [2.24, 2.45) is 0 Å². The molecule has 0 unspecified atom stereocenters. The summed E-state index contributed by atoms with van der Waals surface area (Å²) < 4.78 is -1.29. The average Bonchev–Trinajstić information content (AvgIpc) is 2.94. The zero-order valence-electron chi connectivity index (χ0n) is 10.5. The average molecular weight is 250 g/mol. The van der Waals surface area contributed by atoms with Gasteiger partial charge in [-0.05, 0) is 25.9 Å². The molecule has 5 heteroatoms. The number of hydrogen-bond acceptors (Lipinski definition) is 4. The molecule has 2 aliphatic rings. The van der Waals surface area contributed by atoms with E-state index >= 15 is 0 Å². The predicted octanol–water partition coefficient (Wildman–Crippen LogP) is 0.637. The Kier molecular flexibility index (Phi) is 4.12. The Morgan fingerprint density at radius 2 is 1.72 bits per heavy atom. The first kappa shape index (κ1) is 13.2. The van der Waals surface area contributed by atoms with Crippen LogP contribution in [0.1, 0.15) is 32.1 Å². The molecule has 0 N–H and O–H groups in total. The van der Waals surface area contributed by atoms with E-state index in [9.17, 15) is 14.8 Å². The molecule has 0 aromatic carbocycles. The molecule has 0 radical (unpaired) electrons. The predicted molar refractivity (Wildman–Crippen MR) is 65.8 cm³/mol. The molecule has 5 nitrogen and oxygen atoms in total. The summed E-state index contributed by atoms with van der Waals surface area (Å²) in [7, 11) is 0. The SMILES string of the molecule is O=C1CCC(=O)[N+]1([O-])CCC#CCN1CCCC1.